The number of aromatic hydroxyl groups is 1. The Labute approximate surface area is 146 Å². The van der Waals surface area contributed by atoms with E-state index in [2.05, 4.69) is 5.32 Å². The molecule has 2 N–H and O–H groups in total. The summed E-state index contributed by atoms with van der Waals surface area (Å²) < 4.78 is 5.23. The number of benzene rings is 2. The first-order valence-corrected chi connectivity index (χ1v) is 7.50. The van der Waals surface area contributed by atoms with Gasteiger partial charge in [0.05, 0.1) is 22.2 Å². The topological polar surface area (TPSA) is 102 Å². The average Bonchev–Trinajstić information content (AvgIpc) is 2.56. The Morgan fingerprint density at radius 2 is 1.96 bits per heavy atom. The fourth-order valence-electron chi connectivity index (χ4n) is 1.89. The van der Waals surface area contributed by atoms with Gasteiger partial charge in [0.25, 0.3) is 11.6 Å². The summed E-state index contributed by atoms with van der Waals surface area (Å²) in [5.41, 5.74) is 0.0273. The van der Waals surface area contributed by atoms with Crippen molar-refractivity contribution in [2.24, 2.45) is 0 Å². The molecule has 0 bridgehead atoms. The van der Waals surface area contributed by atoms with E-state index in [1.54, 1.807) is 6.92 Å². The number of nitro groups is 1. The molecule has 0 aliphatic rings. The molecule has 0 radical (unpaired) electrons. The van der Waals surface area contributed by atoms with Crippen molar-refractivity contribution in [3.8, 4) is 11.5 Å². The van der Waals surface area contributed by atoms with Gasteiger partial charge < -0.3 is 15.2 Å². The molecule has 0 fully saturated rings. The SMILES string of the molecule is CCOc1c(Cl)cc(NC(=O)c2ccc([N+](=O)[O-])cc2)c(O)c1Cl. The molecule has 0 saturated carbocycles. The summed E-state index contributed by atoms with van der Waals surface area (Å²) in [7, 11) is 0. The van der Waals surface area contributed by atoms with E-state index in [1.807, 2.05) is 0 Å². The van der Waals surface area contributed by atoms with Gasteiger partial charge in [-0.05, 0) is 25.1 Å². The number of phenolic OH excluding ortho intramolecular Hbond substituents is 1. The van der Waals surface area contributed by atoms with Crippen molar-refractivity contribution in [2.75, 3.05) is 11.9 Å². The molecule has 0 aliphatic carbocycles. The maximum absolute atomic E-state index is 12.2. The summed E-state index contributed by atoms with van der Waals surface area (Å²) >= 11 is 12.0. The standard InChI is InChI=1S/C15H12Cl2N2O5/c1-2-24-14-10(16)7-11(13(20)12(14)17)18-15(21)8-3-5-9(6-4-8)19(22)23/h3-7,20H,2H2,1H3,(H,18,21). The number of halogens is 2. The van der Waals surface area contributed by atoms with Gasteiger partial charge in [-0.15, -0.1) is 0 Å². The third kappa shape index (κ3) is 3.69. The summed E-state index contributed by atoms with van der Waals surface area (Å²) in [5, 5.41) is 23.1. The van der Waals surface area contributed by atoms with E-state index in [1.165, 1.54) is 30.3 Å². The molecular weight excluding hydrogens is 359 g/mol. The second-order valence-electron chi connectivity index (χ2n) is 4.59. The van der Waals surface area contributed by atoms with E-state index in [0.29, 0.717) is 6.61 Å². The van der Waals surface area contributed by atoms with Gasteiger partial charge in [-0.25, -0.2) is 0 Å². The summed E-state index contributed by atoms with van der Waals surface area (Å²) in [6, 6.07) is 6.29. The van der Waals surface area contributed by atoms with E-state index in [4.69, 9.17) is 27.9 Å². The van der Waals surface area contributed by atoms with Crippen LogP contribution in [0.15, 0.2) is 30.3 Å². The molecule has 0 spiro atoms. The lowest BCUT2D eigenvalue weighted by Crippen LogP contribution is -2.12. The molecule has 0 atom stereocenters. The number of amides is 1. The Hall–Kier alpha value is -2.51. The minimum Gasteiger partial charge on any atom is -0.504 e. The summed E-state index contributed by atoms with van der Waals surface area (Å²) in [5.74, 6) is -0.858. The van der Waals surface area contributed by atoms with Crippen LogP contribution in [0.2, 0.25) is 10.0 Å². The first-order valence-electron chi connectivity index (χ1n) is 6.74. The Balaban J connectivity index is 2.27. The molecule has 2 aromatic carbocycles. The molecule has 126 valence electrons. The largest absolute Gasteiger partial charge is 0.504 e. The second-order valence-corrected chi connectivity index (χ2v) is 5.37. The lowest BCUT2D eigenvalue weighted by molar-refractivity contribution is -0.384. The maximum Gasteiger partial charge on any atom is 0.269 e. The van der Waals surface area contributed by atoms with Gasteiger partial charge >= 0.3 is 0 Å². The Kier molecular flexibility index (Phi) is 5.48. The number of ether oxygens (including phenoxy) is 1. The van der Waals surface area contributed by atoms with Crippen molar-refractivity contribution < 1.29 is 19.6 Å². The lowest BCUT2D eigenvalue weighted by Gasteiger charge is -2.13. The zero-order chi connectivity index (χ0) is 17.9. The number of hydrogen-bond acceptors (Lipinski definition) is 5. The fourth-order valence-corrected chi connectivity index (χ4v) is 2.46. The quantitative estimate of drug-likeness (QED) is 0.465. The van der Waals surface area contributed by atoms with Crippen molar-refractivity contribution in [2.45, 2.75) is 6.92 Å². The number of hydrogen-bond donors (Lipinski definition) is 2. The average molecular weight is 371 g/mol. The molecule has 9 heteroatoms. The predicted octanol–water partition coefficient (Wildman–Crippen LogP) is 4.26. The minimum atomic E-state index is -0.587. The van der Waals surface area contributed by atoms with E-state index in [0.717, 1.165) is 0 Å². The van der Waals surface area contributed by atoms with E-state index in [-0.39, 0.29) is 38.5 Å². The minimum absolute atomic E-state index is 0.00296. The number of anilines is 1. The van der Waals surface area contributed by atoms with Gasteiger partial charge in [-0.2, -0.15) is 0 Å². The van der Waals surface area contributed by atoms with Crippen molar-refractivity contribution in [1.29, 1.82) is 0 Å². The Bertz CT molecular complexity index is 793. The number of carbonyl (C=O) groups excluding carboxylic acids is 1. The molecule has 0 unspecified atom stereocenters. The summed E-state index contributed by atoms with van der Waals surface area (Å²) in [6.45, 7) is 2.03. The number of carbonyl (C=O) groups is 1. The van der Waals surface area contributed by atoms with Crippen LogP contribution < -0.4 is 10.1 Å². The summed E-state index contributed by atoms with van der Waals surface area (Å²) in [4.78, 5) is 22.2. The predicted molar refractivity (Wildman–Crippen MR) is 90.3 cm³/mol. The fraction of sp³-hybridized carbons (Fsp3) is 0.133. The number of phenols is 1. The highest BCUT2D eigenvalue weighted by Gasteiger charge is 2.19. The van der Waals surface area contributed by atoms with Crippen LogP contribution in [0.5, 0.6) is 11.5 Å². The monoisotopic (exact) mass is 370 g/mol. The van der Waals surface area contributed by atoms with Crippen LogP contribution in [0.3, 0.4) is 0 Å². The van der Waals surface area contributed by atoms with Crippen molar-refractivity contribution in [3.05, 3.63) is 56.1 Å². The number of nitrogens with zero attached hydrogens (tertiary/aromatic N) is 1. The van der Waals surface area contributed by atoms with Crippen molar-refractivity contribution in [1.82, 2.24) is 0 Å². The summed E-state index contributed by atoms with van der Waals surface area (Å²) in [6.07, 6.45) is 0. The highest BCUT2D eigenvalue weighted by molar-refractivity contribution is 6.39. The van der Waals surface area contributed by atoms with Gasteiger partial charge in [0.2, 0.25) is 0 Å². The number of rotatable bonds is 5. The zero-order valence-corrected chi connectivity index (χ0v) is 13.9. The van der Waals surface area contributed by atoms with Gasteiger partial charge in [0.15, 0.2) is 11.5 Å². The van der Waals surface area contributed by atoms with Crippen LogP contribution in [0.1, 0.15) is 17.3 Å². The second kappa shape index (κ2) is 7.37. The van der Waals surface area contributed by atoms with Crippen LogP contribution in [-0.4, -0.2) is 22.5 Å². The van der Waals surface area contributed by atoms with E-state index >= 15 is 0 Å². The van der Waals surface area contributed by atoms with E-state index < -0.39 is 10.8 Å². The van der Waals surface area contributed by atoms with Crippen LogP contribution >= 0.6 is 23.2 Å². The maximum atomic E-state index is 12.2. The van der Waals surface area contributed by atoms with Crippen LogP contribution in [0.4, 0.5) is 11.4 Å². The van der Waals surface area contributed by atoms with Crippen molar-refractivity contribution >= 4 is 40.5 Å². The van der Waals surface area contributed by atoms with Gasteiger partial charge in [-0.3, -0.25) is 14.9 Å². The molecule has 24 heavy (non-hydrogen) atoms. The molecule has 7 nitrogen and oxygen atoms in total. The number of nitrogens with one attached hydrogen (secondary N) is 1. The molecular formula is C15H12Cl2N2O5. The molecule has 0 heterocycles. The molecule has 2 aromatic rings. The van der Waals surface area contributed by atoms with Crippen LogP contribution in [0, 0.1) is 10.1 Å². The third-order valence-electron chi connectivity index (χ3n) is 3.03. The van der Waals surface area contributed by atoms with Crippen molar-refractivity contribution in [3.63, 3.8) is 0 Å². The normalized spacial score (nSPS) is 10.3. The third-order valence-corrected chi connectivity index (χ3v) is 3.66. The Morgan fingerprint density at radius 3 is 2.50 bits per heavy atom. The highest BCUT2D eigenvalue weighted by atomic mass is 35.5. The van der Waals surface area contributed by atoms with E-state index in [9.17, 15) is 20.0 Å². The molecule has 2 rings (SSSR count). The zero-order valence-electron chi connectivity index (χ0n) is 12.4. The van der Waals surface area contributed by atoms with Gasteiger partial charge in [-0.1, -0.05) is 23.2 Å². The smallest absolute Gasteiger partial charge is 0.269 e. The molecule has 0 aromatic heterocycles. The first kappa shape index (κ1) is 17.8. The molecule has 0 aliphatic heterocycles. The Morgan fingerprint density at radius 1 is 1.33 bits per heavy atom. The molecule has 0 saturated heterocycles. The van der Waals surface area contributed by atoms with Gasteiger partial charge in [0.1, 0.15) is 5.02 Å². The number of non-ortho nitro benzene ring substituents is 1. The number of nitro benzene ring substituents is 1. The van der Waals surface area contributed by atoms with Crippen LogP contribution in [-0.2, 0) is 0 Å². The lowest BCUT2D eigenvalue weighted by atomic mass is 10.2. The highest BCUT2D eigenvalue weighted by Crippen LogP contribution is 2.44. The molecule has 1 amide bonds. The van der Waals surface area contributed by atoms with Gasteiger partial charge in [0, 0.05) is 17.7 Å². The first-order chi connectivity index (χ1) is 11.3. The van der Waals surface area contributed by atoms with Crippen LogP contribution in [0.25, 0.3) is 0 Å².